The third-order valence-electron chi connectivity index (χ3n) is 3.48. The zero-order chi connectivity index (χ0) is 15.7. The van der Waals surface area contributed by atoms with Crippen molar-refractivity contribution in [2.75, 3.05) is 0 Å². The lowest BCUT2D eigenvalue weighted by Gasteiger charge is -2.21. The SMILES string of the molecule is CCCc1nc2c(o1)OC(N)=C(C#N)C2c1cccc(O)c1. The smallest absolute Gasteiger partial charge is 0.316 e. The fourth-order valence-electron chi connectivity index (χ4n) is 2.52. The molecule has 6 heteroatoms. The molecule has 1 aliphatic heterocycles. The minimum Gasteiger partial charge on any atom is -0.508 e. The highest BCUT2D eigenvalue weighted by molar-refractivity contribution is 5.51. The van der Waals surface area contributed by atoms with E-state index in [1.165, 1.54) is 0 Å². The van der Waals surface area contributed by atoms with Crippen LogP contribution in [0, 0.1) is 11.3 Å². The molecule has 0 amide bonds. The Bertz CT molecular complexity index is 786. The van der Waals surface area contributed by atoms with Crippen LogP contribution in [0.25, 0.3) is 0 Å². The number of ether oxygens (including phenoxy) is 1. The van der Waals surface area contributed by atoms with Crippen molar-refractivity contribution in [3.8, 4) is 17.8 Å². The summed E-state index contributed by atoms with van der Waals surface area (Å²) in [5.41, 5.74) is 7.32. The van der Waals surface area contributed by atoms with E-state index in [-0.39, 0.29) is 23.2 Å². The number of allylic oxidation sites excluding steroid dienone is 1. The Balaban J connectivity index is 2.15. The van der Waals surface area contributed by atoms with Crippen LogP contribution >= 0.6 is 0 Å². The van der Waals surface area contributed by atoms with E-state index in [1.807, 2.05) is 6.92 Å². The third-order valence-corrected chi connectivity index (χ3v) is 3.48. The average Bonchev–Trinajstić information content (AvgIpc) is 2.88. The molecular weight excluding hydrogens is 282 g/mol. The number of nitrogens with two attached hydrogens (primary N) is 1. The van der Waals surface area contributed by atoms with Gasteiger partial charge in [0.05, 0.1) is 5.92 Å². The minimum atomic E-state index is -0.504. The number of oxazole rings is 1. The highest BCUT2D eigenvalue weighted by atomic mass is 16.6. The van der Waals surface area contributed by atoms with Crippen LogP contribution in [0.3, 0.4) is 0 Å². The highest BCUT2D eigenvalue weighted by Gasteiger charge is 2.35. The first-order valence-corrected chi connectivity index (χ1v) is 7.00. The van der Waals surface area contributed by atoms with Crippen molar-refractivity contribution in [3.05, 3.63) is 52.9 Å². The van der Waals surface area contributed by atoms with Crippen molar-refractivity contribution in [3.63, 3.8) is 0 Å². The molecule has 1 aliphatic rings. The number of benzene rings is 1. The molecule has 3 N–H and O–H groups in total. The number of phenols is 1. The van der Waals surface area contributed by atoms with Gasteiger partial charge in [-0.15, -0.1) is 0 Å². The molecule has 0 bridgehead atoms. The molecule has 0 saturated heterocycles. The number of aryl methyl sites for hydroxylation is 1. The van der Waals surface area contributed by atoms with E-state index in [1.54, 1.807) is 24.3 Å². The first kappa shape index (κ1) is 14.0. The molecule has 112 valence electrons. The standard InChI is InChI=1S/C16H15N3O3/c1-2-4-12-19-14-13(9-5-3-6-10(20)7-9)11(8-17)15(18)22-16(14)21-12/h3,5-7,13,20H,2,4,18H2,1H3. The second kappa shape index (κ2) is 5.45. The monoisotopic (exact) mass is 297 g/mol. The van der Waals surface area contributed by atoms with Gasteiger partial charge in [0, 0.05) is 6.42 Å². The molecule has 22 heavy (non-hydrogen) atoms. The van der Waals surface area contributed by atoms with E-state index >= 15 is 0 Å². The van der Waals surface area contributed by atoms with Crippen LogP contribution in [0.4, 0.5) is 0 Å². The third kappa shape index (κ3) is 2.27. The van der Waals surface area contributed by atoms with Crippen LogP contribution in [-0.4, -0.2) is 10.1 Å². The van der Waals surface area contributed by atoms with Gasteiger partial charge < -0.3 is 20.0 Å². The van der Waals surface area contributed by atoms with Crippen molar-refractivity contribution in [2.24, 2.45) is 5.73 Å². The Hall–Kier alpha value is -2.94. The van der Waals surface area contributed by atoms with Gasteiger partial charge >= 0.3 is 5.95 Å². The van der Waals surface area contributed by atoms with E-state index in [0.717, 1.165) is 6.42 Å². The maximum atomic E-state index is 9.70. The first-order chi connectivity index (χ1) is 10.6. The Labute approximate surface area is 127 Å². The summed E-state index contributed by atoms with van der Waals surface area (Å²) >= 11 is 0. The Kier molecular flexibility index (Phi) is 3.47. The summed E-state index contributed by atoms with van der Waals surface area (Å²) in [6, 6.07) is 8.73. The van der Waals surface area contributed by atoms with Crippen molar-refractivity contribution < 1.29 is 14.3 Å². The van der Waals surface area contributed by atoms with Crippen LogP contribution in [0.2, 0.25) is 0 Å². The van der Waals surface area contributed by atoms with Gasteiger partial charge in [-0.2, -0.15) is 5.26 Å². The number of nitriles is 1. The molecule has 2 heterocycles. The van der Waals surface area contributed by atoms with Crippen LogP contribution in [0.1, 0.15) is 36.4 Å². The molecule has 1 aromatic carbocycles. The van der Waals surface area contributed by atoms with Gasteiger partial charge in [-0.1, -0.05) is 19.1 Å². The second-order valence-corrected chi connectivity index (χ2v) is 5.05. The molecular formula is C16H15N3O3. The van der Waals surface area contributed by atoms with Gasteiger partial charge in [0.15, 0.2) is 5.89 Å². The minimum absolute atomic E-state index is 0.00235. The molecule has 6 nitrogen and oxygen atoms in total. The molecule has 0 saturated carbocycles. The summed E-state index contributed by atoms with van der Waals surface area (Å²) < 4.78 is 11.0. The molecule has 0 spiro atoms. The van der Waals surface area contributed by atoms with Gasteiger partial charge in [0.25, 0.3) is 0 Å². The average molecular weight is 297 g/mol. The summed E-state index contributed by atoms with van der Waals surface area (Å²) in [6.45, 7) is 2.02. The first-order valence-electron chi connectivity index (χ1n) is 7.00. The maximum absolute atomic E-state index is 9.70. The number of hydrogen-bond acceptors (Lipinski definition) is 6. The van der Waals surface area contributed by atoms with Gasteiger partial charge in [-0.25, -0.2) is 4.98 Å². The van der Waals surface area contributed by atoms with Crippen molar-refractivity contribution in [1.82, 2.24) is 4.98 Å². The van der Waals surface area contributed by atoms with Gasteiger partial charge in [-0.3, -0.25) is 0 Å². The van der Waals surface area contributed by atoms with Gasteiger partial charge in [0.1, 0.15) is 23.1 Å². The molecule has 1 unspecified atom stereocenters. The number of phenolic OH excluding ortho intramolecular Hbond substituents is 1. The Morgan fingerprint density at radius 2 is 2.27 bits per heavy atom. The predicted octanol–water partition coefficient (Wildman–Crippen LogP) is 2.55. The Morgan fingerprint density at radius 1 is 1.45 bits per heavy atom. The molecule has 1 atom stereocenters. The lowest BCUT2D eigenvalue weighted by atomic mass is 9.88. The zero-order valence-electron chi connectivity index (χ0n) is 12.0. The number of rotatable bonds is 3. The number of aromatic hydroxyl groups is 1. The summed E-state index contributed by atoms with van der Waals surface area (Å²) in [4.78, 5) is 4.45. The van der Waals surface area contributed by atoms with Crippen molar-refractivity contribution in [2.45, 2.75) is 25.7 Å². The zero-order valence-corrected chi connectivity index (χ0v) is 12.0. The van der Waals surface area contributed by atoms with Gasteiger partial charge in [0.2, 0.25) is 5.88 Å². The van der Waals surface area contributed by atoms with Crippen LogP contribution < -0.4 is 10.5 Å². The number of hydrogen-bond donors (Lipinski definition) is 2. The quantitative estimate of drug-likeness (QED) is 0.902. The van der Waals surface area contributed by atoms with Crippen molar-refractivity contribution >= 4 is 0 Å². The van der Waals surface area contributed by atoms with E-state index in [0.29, 0.717) is 23.6 Å². The summed E-state index contributed by atoms with van der Waals surface area (Å²) in [7, 11) is 0. The van der Waals surface area contributed by atoms with Crippen LogP contribution in [0.5, 0.6) is 11.7 Å². The fraction of sp³-hybridized carbons (Fsp3) is 0.250. The molecule has 3 rings (SSSR count). The molecule has 2 aromatic rings. The fourth-order valence-corrected chi connectivity index (χ4v) is 2.52. The highest BCUT2D eigenvalue weighted by Crippen LogP contribution is 2.42. The lowest BCUT2D eigenvalue weighted by Crippen LogP contribution is -2.20. The lowest BCUT2D eigenvalue weighted by molar-refractivity contribution is 0.284. The largest absolute Gasteiger partial charge is 0.508 e. The number of aromatic nitrogens is 1. The number of nitrogens with zero attached hydrogens (tertiary/aromatic N) is 2. The van der Waals surface area contributed by atoms with Crippen LogP contribution in [-0.2, 0) is 6.42 Å². The molecule has 1 aromatic heterocycles. The van der Waals surface area contributed by atoms with E-state index in [9.17, 15) is 10.4 Å². The summed E-state index contributed by atoms with van der Waals surface area (Å²) in [6.07, 6.45) is 1.55. The van der Waals surface area contributed by atoms with E-state index in [4.69, 9.17) is 14.9 Å². The van der Waals surface area contributed by atoms with E-state index in [2.05, 4.69) is 11.1 Å². The normalized spacial score (nSPS) is 16.8. The second-order valence-electron chi connectivity index (χ2n) is 5.05. The maximum Gasteiger partial charge on any atom is 0.316 e. The van der Waals surface area contributed by atoms with E-state index < -0.39 is 5.92 Å². The molecule has 0 aliphatic carbocycles. The Morgan fingerprint density at radius 3 is 2.95 bits per heavy atom. The van der Waals surface area contributed by atoms with Crippen LogP contribution in [0.15, 0.2) is 40.1 Å². The predicted molar refractivity (Wildman–Crippen MR) is 77.9 cm³/mol. The summed E-state index contributed by atoms with van der Waals surface area (Å²) in [5, 5.41) is 19.1. The molecule has 0 fully saturated rings. The number of fused-ring (bicyclic) bond motifs is 1. The summed E-state index contributed by atoms with van der Waals surface area (Å²) in [5.74, 6) is 0.370. The van der Waals surface area contributed by atoms with Gasteiger partial charge in [-0.05, 0) is 24.1 Å². The topological polar surface area (TPSA) is 105 Å². The van der Waals surface area contributed by atoms with Crippen molar-refractivity contribution in [1.29, 1.82) is 5.26 Å². The molecule has 0 radical (unpaired) electrons.